The van der Waals surface area contributed by atoms with Crippen molar-refractivity contribution in [3.05, 3.63) is 63.0 Å². The fraction of sp³-hybridized carbons (Fsp3) is 0.150. The number of fused-ring (bicyclic) bond motifs is 2. The number of aromatic nitrogens is 3. The lowest BCUT2D eigenvalue weighted by Crippen LogP contribution is -2.39. The molecule has 158 valence electrons. The normalized spacial score (nSPS) is 14.3. The molecule has 0 radical (unpaired) electrons. The van der Waals surface area contributed by atoms with Crippen LogP contribution in [0.15, 0.2) is 47.0 Å². The molecule has 2 aromatic carbocycles. The maximum absolute atomic E-state index is 13.7. The number of alkyl halides is 3. The molecule has 0 aliphatic carbocycles. The Hall–Kier alpha value is -3.09. The summed E-state index contributed by atoms with van der Waals surface area (Å²) < 4.78 is 48.2. The van der Waals surface area contributed by atoms with Gasteiger partial charge in [-0.2, -0.15) is 18.3 Å². The lowest BCUT2D eigenvalue weighted by atomic mass is 10.0. The predicted octanol–water partition coefficient (Wildman–Crippen LogP) is 4.42. The fourth-order valence-electron chi connectivity index (χ4n) is 3.72. The quantitative estimate of drug-likeness (QED) is 0.381. The van der Waals surface area contributed by atoms with Gasteiger partial charge in [0.1, 0.15) is 5.69 Å². The highest BCUT2D eigenvalue weighted by Gasteiger charge is 2.43. The van der Waals surface area contributed by atoms with Crippen LogP contribution in [-0.4, -0.2) is 27.4 Å². The monoisotopic (exact) mass is 539 g/mol. The molecule has 1 aliphatic rings. The van der Waals surface area contributed by atoms with Crippen molar-refractivity contribution in [1.82, 2.24) is 14.9 Å². The Balaban J connectivity index is 1.69. The number of amides is 1. The molecule has 0 spiro atoms. The number of halogens is 4. The first kappa shape index (κ1) is 19.8. The lowest BCUT2D eigenvalue weighted by molar-refractivity contribution is -0.141. The van der Waals surface area contributed by atoms with Gasteiger partial charge in [0.05, 0.1) is 11.1 Å². The first-order chi connectivity index (χ1) is 14.7. The first-order valence-electron chi connectivity index (χ1n) is 9.16. The highest BCUT2D eigenvalue weighted by atomic mass is 127. The van der Waals surface area contributed by atoms with Crippen LogP contribution in [0.1, 0.15) is 21.7 Å². The highest BCUT2D eigenvalue weighted by Crippen LogP contribution is 2.37. The number of benzene rings is 2. The van der Waals surface area contributed by atoms with Crippen molar-refractivity contribution in [3.63, 3.8) is 0 Å². The molecule has 2 aromatic heterocycles. The number of nitrogen functional groups attached to an aromatic ring is 1. The number of nitrogens with zero attached hydrogens (tertiary/aromatic N) is 4. The van der Waals surface area contributed by atoms with Gasteiger partial charge in [-0.25, -0.2) is 4.68 Å². The topological polar surface area (TPSA) is 90.2 Å². The summed E-state index contributed by atoms with van der Waals surface area (Å²) in [7, 11) is 0. The number of hydrogen-bond donors (Lipinski definition) is 1. The predicted molar refractivity (Wildman–Crippen MR) is 115 cm³/mol. The molecule has 5 rings (SSSR count). The second-order valence-corrected chi connectivity index (χ2v) is 8.26. The maximum Gasteiger partial charge on any atom is 0.435 e. The Morgan fingerprint density at radius 1 is 1.10 bits per heavy atom. The van der Waals surface area contributed by atoms with E-state index in [0.717, 1.165) is 8.25 Å². The zero-order chi connectivity index (χ0) is 21.9. The smallest absolute Gasteiger partial charge is 0.380 e. The van der Waals surface area contributed by atoms with Crippen LogP contribution >= 0.6 is 22.6 Å². The van der Waals surface area contributed by atoms with Crippen molar-refractivity contribution in [3.8, 4) is 5.69 Å². The molecule has 3 heterocycles. The van der Waals surface area contributed by atoms with E-state index in [1.54, 1.807) is 12.1 Å². The summed E-state index contributed by atoms with van der Waals surface area (Å²) in [6, 6.07) is 11.7. The third kappa shape index (κ3) is 3.23. The molecule has 11 heteroatoms. The molecule has 0 atom stereocenters. The van der Waals surface area contributed by atoms with Crippen LogP contribution in [0, 0.1) is 3.57 Å². The van der Waals surface area contributed by atoms with Gasteiger partial charge in [-0.1, -0.05) is 5.16 Å². The molecule has 4 aromatic rings. The highest BCUT2D eigenvalue weighted by molar-refractivity contribution is 14.1. The molecule has 0 fully saturated rings. The van der Waals surface area contributed by atoms with Gasteiger partial charge in [0.25, 0.3) is 5.91 Å². The van der Waals surface area contributed by atoms with Crippen molar-refractivity contribution in [1.29, 1.82) is 0 Å². The average Bonchev–Trinajstić information content (AvgIpc) is 3.30. The molecule has 0 saturated carbocycles. The van der Waals surface area contributed by atoms with E-state index in [0.29, 0.717) is 16.7 Å². The van der Waals surface area contributed by atoms with Crippen molar-refractivity contribution in [2.24, 2.45) is 0 Å². The molecule has 1 amide bonds. The molecular weight excluding hydrogens is 526 g/mol. The van der Waals surface area contributed by atoms with E-state index in [1.807, 2.05) is 12.1 Å². The van der Waals surface area contributed by atoms with Gasteiger partial charge >= 0.3 is 6.18 Å². The van der Waals surface area contributed by atoms with E-state index in [1.165, 1.54) is 23.1 Å². The van der Waals surface area contributed by atoms with Crippen LogP contribution in [-0.2, 0) is 12.6 Å². The van der Waals surface area contributed by atoms with Crippen LogP contribution in [0.3, 0.4) is 0 Å². The van der Waals surface area contributed by atoms with Gasteiger partial charge in [0.2, 0.25) is 0 Å². The van der Waals surface area contributed by atoms with Crippen molar-refractivity contribution >= 4 is 51.0 Å². The minimum atomic E-state index is -4.69. The van der Waals surface area contributed by atoms with E-state index >= 15 is 0 Å². The largest absolute Gasteiger partial charge is 0.435 e. The lowest BCUT2D eigenvalue weighted by Gasteiger charge is -2.28. The van der Waals surface area contributed by atoms with E-state index in [9.17, 15) is 18.0 Å². The maximum atomic E-state index is 13.7. The van der Waals surface area contributed by atoms with Crippen molar-refractivity contribution in [2.75, 3.05) is 17.2 Å². The van der Waals surface area contributed by atoms with Crippen LogP contribution in [0.2, 0.25) is 0 Å². The number of rotatable bonds is 2. The molecule has 1 aliphatic heterocycles. The number of anilines is 2. The SMILES string of the molecule is Nc1noc2ccc(-n3nc(C(F)(F)F)c4c3C(=O)N(c3ccc(I)cc3)CC4)cc12. The minimum absolute atomic E-state index is 0.0273. The first-order valence-corrected chi connectivity index (χ1v) is 10.2. The average molecular weight is 539 g/mol. The summed E-state index contributed by atoms with van der Waals surface area (Å²) in [5.74, 6) is -0.454. The third-order valence-electron chi connectivity index (χ3n) is 5.15. The molecule has 31 heavy (non-hydrogen) atoms. The molecule has 0 unspecified atom stereocenters. The molecule has 2 N–H and O–H groups in total. The number of carbonyl (C=O) groups excluding carboxylic acids is 1. The van der Waals surface area contributed by atoms with Crippen molar-refractivity contribution in [2.45, 2.75) is 12.6 Å². The Morgan fingerprint density at radius 2 is 1.81 bits per heavy atom. The molecule has 0 bridgehead atoms. The third-order valence-corrected chi connectivity index (χ3v) is 5.87. The van der Waals surface area contributed by atoms with Gasteiger partial charge in [-0.05, 0) is 71.5 Å². The van der Waals surface area contributed by atoms with Gasteiger partial charge in [0, 0.05) is 21.4 Å². The summed E-state index contributed by atoms with van der Waals surface area (Å²) in [5, 5.41) is 7.88. The Labute approximate surface area is 186 Å². The van der Waals surface area contributed by atoms with Crippen LogP contribution in [0.5, 0.6) is 0 Å². The van der Waals surface area contributed by atoms with Gasteiger partial charge < -0.3 is 15.2 Å². The molecule has 0 saturated heterocycles. The second kappa shape index (κ2) is 6.97. The zero-order valence-electron chi connectivity index (χ0n) is 15.7. The summed E-state index contributed by atoms with van der Waals surface area (Å²) >= 11 is 2.14. The summed E-state index contributed by atoms with van der Waals surface area (Å²) in [6.45, 7) is 0.124. The van der Waals surface area contributed by atoms with Gasteiger partial charge in [-0.15, -0.1) is 0 Å². The Morgan fingerprint density at radius 3 is 2.52 bits per heavy atom. The number of hydrogen-bond acceptors (Lipinski definition) is 5. The number of nitrogens with two attached hydrogens (primary N) is 1. The molecular formula is C20H13F3IN5O2. The van der Waals surface area contributed by atoms with E-state index in [-0.39, 0.29) is 35.7 Å². The van der Waals surface area contributed by atoms with Crippen molar-refractivity contribution < 1.29 is 22.5 Å². The zero-order valence-corrected chi connectivity index (χ0v) is 17.8. The van der Waals surface area contributed by atoms with Crippen LogP contribution in [0.25, 0.3) is 16.7 Å². The minimum Gasteiger partial charge on any atom is -0.380 e. The summed E-state index contributed by atoms with van der Waals surface area (Å²) in [4.78, 5) is 14.8. The standard InChI is InChI=1S/C20H13F3IN5O2/c21-20(22,23)17-13-7-8-28(11-3-1-10(24)2-4-11)19(30)16(13)29(26-17)12-5-6-15-14(9-12)18(25)27-31-15/h1-6,9H,7-8H2,(H2,25,27). The Kier molecular flexibility index (Phi) is 4.46. The van der Waals surface area contributed by atoms with Gasteiger partial charge in [-0.3, -0.25) is 4.79 Å². The van der Waals surface area contributed by atoms with E-state index in [4.69, 9.17) is 10.3 Å². The summed E-state index contributed by atoms with van der Waals surface area (Å²) in [5.41, 5.74) is 5.74. The van der Waals surface area contributed by atoms with E-state index in [2.05, 4.69) is 32.8 Å². The van der Waals surface area contributed by atoms with Crippen LogP contribution < -0.4 is 10.6 Å². The van der Waals surface area contributed by atoms with E-state index < -0.39 is 17.8 Å². The Bertz CT molecular complexity index is 1330. The summed E-state index contributed by atoms with van der Waals surface area (Å²) in [6.07, 6.45) is -4.67. The fourth-order valence-corrected chi connectivity index (χ4v) is 4.08. The second-order valence-electron chi connectivity index (χ2n) is 7.02. The van der Waals surface area contributed by atoms with Gasteiger partial charge in [0.15, 0.2) is 17.1 Å². The van der Waals surface area contributed by atoms with Crippen LogP contribution in [0.4, 0.5) is 24.7 Å². The molecule has 7 nitrogen and oxygen atoms in total. The number of carbonyl (C=O) groups is 1.